The molecule has 1 spiro atoms. The molecule has 0 unspecified atom stereocenters. The minimum Gasteiger partial charge on any atom is -0.317 e. The van der Waals surface area contributed by atoms with E-state index in [2.05, 4.69) is 14.8 Å². The second-order valence-electron chi connectivity index (χ2n) is 3.38. The van der Waals surface area contributed by atoms with Gasteiger partial charge in [0.1, 0.15) is 12.2 Å². The van der Waals surface area contributed by atoms with Crippen LogP contribution >= 0.6 is 0 Å². The Labute approximate surface area is 59.1 Å². The second-order valence-corrected chi connectivity index (χ2v) is 3.38. The Bertz CT molecular complexity index is 272. The fourth-order valence-electron chi connectivity index (χ4n) is 1.90. The molecule has 3 heteroatoms. The molecule has 0 radical (unpaired) electrons. The molecule has 0 N–H and O–H groups in total. The molecule has 1 aromatic rings. The van der Waals surface area contributed by atoms with Crippen LogP contribution in [0.5, 0.6) is 0 Å². The molecule has 1 fully saturated rings. The Hall–Kier alpha value is -0.860. The molecule has 1 saturated carbocycles. The van der Waals surface area contributed by atoms with Gasteiger partial charge in [0, 0.05) is 12.0 Å². The van der Waals surface area contributed by atoms with Gasteiger partial charge in [0.2, 0.25) is 0 Å². The molecule has 52 valence electrons. The van der Waals surface area contributed by atoms with Crippen LogP contribution in [0.15, 0.2) is 6.33 Å². The van der Waals surface area contributed by atoms with Crippen molar-refractivity contribution >= 4 is 0 Å². The Balaban J connectivity index is 2.23. The first kappa shape index (κ1) is 4.88. The van der Waals surface area contributed by atoms with Crippen LogP contribution in [-0.4, -0.2) is 14.8 Å². The summed E-state index contributed by atoms with van der Waals surface area (Å²) in [6.07, 6.45) is 5.83. The Morgan fingerprint density at radius 1 is 1.40 bits per heavy atom. The van der Waals surface area contributed by atoms with Crippen LogP contribution in [0.2, 0.25) is 0 Å². The van der Waals surface area contributed by atoms with Crippen LogP contribution in [-0.2, 0) is 12.0 Å². The summed E-state index contributed by atoms with van der Waals surface area (Å²) in [6, 6.07) is 0. The number of aryl methyl sites for hydroxylation is 1. The lowest BCUT2D eigenvalue weighted by atomic mass is 10.1. The SMILES string of the molecule is c1nnc2n1CCC21CC1. The summed E-state index contributed by atoms with van der Waals surface area (Å²) in [5.74, 6) is 1.24. The maximum atomic E-state index is 4.12. The Morgan fingerprint density at radius 2 is 2.30 bits per heavy atom. The van der Waals surface area contributed by atoms with Crippen LogP contribution in [0.1, 0.15) is 25.1 Å². The summed E-state index contributed by atoms with van der Waals surface area (Å²) in [6.45, 7) is 1.14. The van der Waals surface area contributed by atoms with Crippen molar-refractivity contribution in [1.82, 2.24) is 14.8 Å². The van der Waals surface area contributed by atoms with Crippen LogP contribution in [0, 0.1) is 0 Å². The van der Waals surface area contributed by atoms with Gasteiger partial charge in [-0.15, -0.1) is 10.2 Å². The molecule has 10 heavy (non-hydrogen) atoms. The van der Waals surface area contributed by atoms with E-state index in [1.165, 1.54) is 25.1 Å². The first-order valence-corrected chi connectivity index (χ1v) is 3.79. The van der Waals surface area contributed by atoms with Gasteiger partial charge >= 0.3 is 0 Å². The lowest BCUT2D eigenvalue weighted by Gasteiger charge is -1.98. The van der Waals surface area contributed by atoms with E-state index >= 15 is 0 Å². The van der Waals surface area contributed by atoms with Crippen molar-refractivity contribution < 1.29 is 0 Å². The number of fused-ring (bicyclic) bond motifs is 2. The van der Waals surface area contributed by atoms with E-state index < -0.39 is 0 Å². The molecule has 3 nitrogen and oxygen atoms in total. The summed E-state index contributed by atoms with van der Waals surface area (Å²) in [4.78, 5) is 0. The standard InChI is InChI=1S/C7H9N3/c1-2-7(1)3-4-10-5-8-9-6(7)10/h5H,1-4H2. The zero-order valence-electron chi connectivity index (χ0n) is 5.75. The number of nitrogens with zero attached hydrogens (tertiary/aromatic N) is 3. The van der Waals surface area contributed by atoms with Gasteiger partial charge in [-0.25, -0.2) is 0 Å². The fraction of sp³-hybridized carbons (Fsp3) is 0.714. The molecular weight excluding hydrogens is 126 g/mol. The van der Waals surface area contributed by atoms with Gasteiger partial charge in [0.25, 0.3) is 0 Å². The Morgan fingerprint density at radius 3 is 3.10 bits per heavy atom. The van der Waals surface area contributed by atoms with E-state index in [0.29, 0.717) is 5.41 Å². The van der Waals surface area contributed by atoms with E-state index in [-0.39, 0.29) is 0 Å². The largest absolute Gasteiger partial charge is 0.317 e. The normalized spacial score (nSPS) is 25.2. The minimum atomic E-state index is 0.497. The van der Waals surface area contributed by atoms with Crippen LogP contribution in [0.4, 0.5) is 0 Å². The molecule has 0 atom stereocenters. The smallest absolute Gasteiger partial charge is 0.139 e. The first-order valence-electron chi connectivity index (χ1n) is 3.79. The molecule has 1 aromatic heterocycles. The van der Waals surface area contributed by atoms with Crippen molar-refractivity contribution in [2.75, 3.05) is 0 Å². The summed E-state index contributed by atoms with van der Waals surface area (Å²) in [5.41, 5.74) is 0.497. The third-order valence-corrected chi connectivity index (χ3v) is 2.77. The first-order chi connectivity index (χ1) is 4.91. The predicted molar refractivity (Wildman–Crippen MR) is 35.6 cm³/mol. The molecule has 1 aliphatic heterocycles. The van der Waals surface area contributed by atoms with Crippen LogP contribution < -0.4 is 0 Å². The molecule has 2 heterocycles. The molecule has 0 amide bonds. The third kappa shape index (κ3) is 0.394. The molecule has 3 rings (SSSR count). The van der Waals surface area contributed by atoms with Gasteiger partial charge in [-0.05, 0) is 19.3 Å². The molecule has 0 saturated heterocycles. The molecule has 2 aliphatic rings. The highest BCUT2D eigenvalue weighted by atomic mass is 15.3. The van der Waals surface area contributed by atoms with Crippen molar-refractivity contribution in [3.05, 3.63) is 12.2 Å². The molecule has 1 aliphatic carbocycles. The topological polar surface area (TPSA) is 30.7 Å². The van der Waals surface area contributed by atoms with Gasteiger partial charge < -0.3 is 4.57 Å². The second kappa shape index (κ2) is 1.26. The highest BCUT2D eigenvalue weighted by molar-refractivity contribution is 5.21. The predicted octanol–water partition coefficient (Wildman–Crippen LogP) is 0.713. The van der Waals surface area contributed by atoms with Gasteiger partial charge in [-0.2, -0.15) is 0 Å². The summed E-state index contributed by atoms with van der Waals surface area (Å²) in [7, 11) is 0. The number of hydrogen-bond donors (Lipinski definition) is 0. The quantitative estimate of drug-likeness (QED) is 0.524. The highest BCUT2D eigenvalue weighted by Gasteiger charge is 2.50. The zero-order chi connectivity index (χ0) is 6.60. The van der Waals surface area contributed by atoms with Crippen molar-refractivity contribution in [1.29, 1.82) is 0 Å². The van der Waals surface area contributed by atoms with Gasteiger partial charge in [0.05, 0.1) is 0 Å². The van der Waals surface area contributed by atoms with Crippen molar-refractivity contribution in [3.63, 3.8) is 0 Å². The lowest BCUT2D eigenvalue weighted by Crippen LogP contribution is -2.01. The summed E-state index contributed by atoms with van der Waals surface area (Å²) >= 11 is 0. The van der Waals surface area contributed by atoms with Crippen molar-refractivity contribution in [2.45, 2.75) is 31.2 Å². The number of hydrogen-bond acceptors (Lipinski definition) is 2. The van der Waals surface area contributed by atoms with E-state index in [1.54, 1.807) is 0 Å². The number of rotatable bonds is 0. The van der Waals surface area contributed by atoms with Crippen LogP contribution in [0.3, 0.4) is 0 Å². The molecule has 0 bridgehead atoms. The average molecular weight is 135 g/mol. The molecule has 0 aromatic carbocycles. The van der Waals surface area contributed by atoms with Gasteiger partial charge in [-0.3, -0.25) is 0 Å². The maximum absolute atomic E-state index is 4.12. The van der Waals surface area contributed by atoms with E-state index in [4.69, 9.17) is 0 Å². The van der Waals surface area contributed by atoms with E-state index in [0.717, 1.165) is 6.54 Å². The minimum absolute atomic E-state index is 0.497. The monoisotopic (exact) mass is 135 g/mol. The summed E-state index contributed by atoms with van der Waals surface area (Å²) in [5, 5.41) is 8.02. The van der Waals surface area contributed by atoms with Gasteiger partial charge in [0.15, 0.2) is 0 Å². The van der Waals surface area contributed by atoms with Gasteiger partial charge in [-0.1, -0.05) is 0 Å². The van der Waals surface area contributed by atoms with E-state index in [9.17, 15) is 0 Å². The average Bonchev–Trinajstić information content (AvgIpc) is 2.40. The molecular formula is C7H9N3. The number of aromatic nitrogens is 3. The lowest BCUT2D eigenvalue weighted by molar-refractivity contribution is 0.641. The summed E-state index contributed by atoms with van der Waals surface area (Å²) < 4.78 is 2.19. The van der Waals surface area contributed by atoms with Crippen molar-refractivity contribution in [3.8, 4) is 0 Å². The van der Waals surface area contributed by atoms with Crippen LogP contribution in [0.25, 0.3) is 0 Å². The highest BCUT2D eigenvalue weighted by Crippen LogP contribution is 2.53. The fourth-order valence-corrected chi connectivity index (χ4v) is 1.90. The van der Waals surface area contributed by atoms with E-state index in [1.807, 2.05) is 6.33 Å². The van der Waals surface area contributed by atoms with Crippen molar-refractivity contribution in [2.24, 2.45) is 0 Å². The Kier molecular flexibility index (Phi) is 0.615. The zero-order valence-corrected chi connectivity index (χ0v) is 5.75. The maximum Gasteiger partial charge on any atom is 0.139 e. The third-order valence-electron chi connectivity index (χ3n) is 2.77.